The highest BCUT2D eigenvalue weighted by Crippen LogP contribution is 2.34. The lowest BCUT2D eigenvalue weighted by atomic mass is 9.83. The summed E-state index contributed by atoms with van der Waals surface area (Å²) in [5.74, 6) is -0.569. The van der Waals surface area contributed by atoms with E-state index in [-0.39, 0.29) is 6.54 Å². The van der Waals surface area contributed by atoms with E-state index in [2.05, 4.69) is 10.6 Å². The zero-order chi connectivity index (χ0) is 11.6. The summed E-state index contributed by atoms with van der Waals surface area (Å²) in [7, 11) is 0. The first-order valence-corrected chi connectivity index (χ1v) is 6.08. The van der Waals surface area contributed by atoms with E-state index >= 15 is 0 Å². The van der Waals surface area contributed by atoms with Crippen molar-refractivity contribution >= 4 is 0 Å². The molecule has 0 aromatic rings. The molecule has 2 N–H and O–H groups in total. The average Bonchev–Trinajstić information content (AvgIpc) is 2.29. The van der Waals surface area contributed by atoms with Crippen molar-refractivity contribution in [2.45, 2.75) is 37.9 Å². The number of nitrogens with one attached hydrogen (secondary N) is 2. The van der Waals surface area contributed by atoms with Crippen LogP contribution >= 0.6 is 0 Å². The summed E-state index contributed by atoms with van der Waals surface area (Å²) in [4.78, 5) is 0. The fraction of sp³-hybridized carbons (Fsp3) is 1.00. The molecule has 0 aliphatic carbocycles. The van der Waals surface area contributed by atoms with Crippen molar-refractivity contribution in [3.8, 4) is 0 Å². The van der Waals surface area contributed by atoms with Gasteiger partial charge in [0.05, 0.1) is 5.92 Å². The van der Waals surface area contributed by atoms with Gasteiger partial charge >= 0.3 is 6.18 Å². The molecule has 2 atom stereocenters. The summed E-state index contributed by atoms with van der Waals surface area (Å²) in [5.41, 5.74) is 0. The molecule has 2 heterocycles. The molecule has 2 fully saturated rings. The van der Waals surface area contributed by atoms with Crippen LogP contribution in [-0.4, -0.2) is 31.9 Å². The second-order valence-electron chi connectivity index (χ2n) is 4.92. The van der Waals surface area contributed by atoms with Crippen LogP contribution < -0.4 is 10.6 Å². The third-order valence-electron chi connectivity index (χ3n) is 3.87. The Morgan fingerprint density at radius 3 is 2.12 bits per heavy atom. The van der Waals surface area contributed by atoms with Crippen molar-refractivity contribution in [2.75, 3.05) is 19.6 Å². The number of halogens is 3. The highest BCUT2D eigenvalue weighted by Gasteiger charge is 2.42. The van der Waals surface area contributed by atoms with E-state index in [0.717, 1.165) is 25.9 Å². The van der Waals surface area contributed by atoms with Crippen LogP contribution in [0.25, 0.3) is 0 Å². The van der Waals surface area contributed by atoms with Crippen LogP contribution in [0.1, 0.15) is 25.7 Å². The number of piperidine rings is 2. The van der Waals surface area contributed by atoms with Crippen LogP contribution in [-0.2, 0) is 0 Å². The van der Waals surface area contributed by atoms with E-state index in [1.807, 2.05) is 0 Å². The predicted molar refractivity (Wildman–Crippen MR) is 56.2 cm³/mol. The van der Waals surface area contributed by atoms with Crippen molar-refractivity contribution < 1.29 is 13.2 Å². The third-order valence-corrected chi connectivity index (χ3v) is 3.87. The Balaban J connectivity index is 1.80. The normalized spacial score (nSPS) is 33.9. The zero-order valence-corrected chi connectivity index (χ0v) is 9.32. The minimum Gasteiger partial charge on any atom is -0.317 e. The Hall–Kier alpha value is -0.290. The van der Waals surface area contributed by atoms with Crippen LogP contribution in [0.4, 0.5) is 13.2 Å². The van der Waals surface area contributed by atoms with Gasteiger partial charge < -0.3 is 10.6 Å². The predicted octanol–water partition coefficient (Wildman–Crippen LogP) is 1.92. The summed E-state index contributed by atoms with van der Waals surface area (Å²) in [6.07, 6.45) is -0.866. The molecule has 2 aliphatic rings. The smallest absolute Gasteiger partial charge is 0.317 e. The van der Waals surface area contributed by atoms with Gasteiger partial charge in [-0.15, -0.1) is 0 Å². The molecule has 5 heteroatoms. The van der Waals surface area contributed by atoms with Gasteiger partial charge in [0, 0.05) is 12.6 Å². The maximum Gasteiger partial charge on any atom is 0.393 e. The summed E-state index contributed by atoms with van der Waals surface area (Å²) in [5, 5.41) is 6.38. The molecular formula is C11H19F3N2. The quantitative estimate of drug-likeness (QED) is 0.727. The summed E-state index contributed by atoms with van der Waals surface area (Å²) in [6, 6.07) is 0.306. The number of hydrogen-bond donors (Lipinski definition) is 2. The molecule has 16 heavy (non-hydrogen) atoms. The Morgan fingerprint density at radius 2 is 1.62 bits per heavy atom. The van der Waals surface area contributed by atoms with Gasteiger partial charge in [0.15, 0.2) is 0 Å². The molecule has 0 aromatic carbocycles. The Labute approximate surface area is 94.0 Å². The standard InChI is InChI=1S/C11H19F3N2/c12-11(13,14)9-1-2-10(16-7-9)8-3-5-15-6-4-8/h8-10,15-16H,1-7H2. The van der Waals surface area contributed by atoms with E-state index in [1.165, 1.54) is 0 Å². The molecule has 0 spiro atoms. The van der Waals surface area contributed by atoms with Gasteiger partial charge in [-0.1, -0.05) is 0 Å². The maximum absolute atomic E-state index is 12.5. The maximum atomic E-state index is 12.5. The van der Waals surface area contributed by atoms with E-state index in [1.54, 1.807) is 0 Å². The lowest BCUT2D eigenvalue weighted by Gasteiger charge is -2.37. The van der Waals surface area contributed by atoms with Crippen molar-refractivity contribution in [3.63, 3.8) is 0 Å². The number of alkyl halides is 3. The number of hydrogen-bond acceptors (Lipinski definition) is 2. The first-order valence-electron chi connectivity index (χ1n) is 6.08. The first kappa shape index (κ1) is 12.2. The largest absolute Gasteiger partial charge is 0.393 e. The highest BCUT2D eigenvalue weighted by atomic mass is 19.4. The van der Waals surface area contributed by atoms with Crippen LogP contribution in [0.2, 0.25) is 0 Å². The summed E-state index contributed by atoms with van der Waals surface area (Å²) < 4.78 is 37.4. The van der Waals surface area contributed by atoms with Gasteiger partial charge in [-0.25, -0.2) is 0 Å². The SMILES string of the molecule is FC(F)(F)C1CCC(C2CCNCC2)NC1. The molecule has 0 saturated carbocycles. The average molecular weight is 236 g/mol. The van der Waals surface area contributed by atoms with E-state index in [9.17, 15) is 13.2 Å². The molecule has 0 radical (unpaired) electrons. The minimum absolute atomic E-state index is 0.109. The molecule has 0 aromatic heterocycles. The zero-order valence-electron chi connectivity index (χ0n) is 9.32. The molecule has 0 amide bonds. The van der Waals surface area contributed by atoms with Crippen LogP contribution in [0.5, 0.6) is 0 Å². The molecule has 2 aliphatic heterocycles. The highest BCUT2D eigenvalue weighted by molar-refractivity contribution is 4.87. The lowest BCUT2D eigenvalue weighted by Crippen LogP contribution is -2.49. The topological polar surface area (TPSA) is 24.1 Å². The van der Waals surface area contributed by atoms with Crippen LogP contribution in [0.3, 0.4) is 0 Å². The molecule has 94 valence electrons. The Bertz CT molecular complexity index is 216. The second-order valence-corrected chi connectivity index (χ2v) is 4.92. The van der Waals surface area contributed by atoms with Crippen molar-refractivity contribution in [1.29, 1.82) is 0 Å². The fourth-order valence-electron chi connectivity index (χ4n) is 2.81. The number of rotatable bonds is 1. The van der Waals surface area contributed by atoms with Crippen LogP contribution in [0, 0.1) is 11.8 Å². The van der Waals surface area contributed by atoms with Gasteiger partial charge in [-0.05, 0) is 44.7 Å². The monoisotopic (exact) mass is 236 g/mol. The summed E-state index contributed by atoms with van der Waals surface area (Å²) >= 11 is 0. The second kappa shape index (κ2) is 4.92. The van der Waals surface area contributed by atoms with Crippen molar-refractivity contribution in [2.24, 2.45) is 11.8 Å². The first-order chi connectivity index (χ1) is 7.57. The Kier molecular flexibility index (Phi) is 3.74. The molecule has 2 unspecified atom stereocenters. The minimum atomic E-state index is -4.02. The molecule has 2 saturated heterocycles. The molecule has 0 bridgehead atoms. The van der Waals surface area contributed by atoms with E-state index in [0.29, 0.717) is 24.8 Å². The lowest BCUT2D eigenvalue weighted by molar-refractivity contribution is -0.180. The third kappa shape index (κ3) is 2.88. The van der Waals surface area contributed by atoms with E-state index in [4.69, 9.17) is 0 Å². The van der Waals surface area contributed by atoms with Gasteiger partial charge in [-0.2, -0.15) is 13.2 Å². The van der Waals surface area contributed by atoms with Gasteiger partial charge in [-0.3, -0.25) is 0 Å². The van der Waals surface area contributed by atoms with Gasteiger partial charge in [0.1, 0.15) is 0 Å². The van der Waals surface area contributed by atoms with Gasteiger partial charge in [0.2, 0.25) is 0 Å². The van der Waals surface area contributed by atoms with E-state index < -0.39 is 12.1 Å². The van der Waals surface area contributed by atoms with Crippen LogP contribution in [0.15, 0.2) is 0 Å². The molecule has 2 nitrogen and oxygen atoms in total. The van der Waals surface area contributed by atoms with Crippen molar-refractivity contribution in [1.82, 2.24) is 10.6 Å². The van der Waals surface area contributed by atoms with Gasteiger partial charge in [0.25, 0.3) is 0 Å². The summed E-state index contributed by atoms with van der Waals surface area (Å²) in [6.45, 7) is 2.12. The Morgan fingerprint density at radius 1 is 0.938 bits per heavy atom. The molecule has 2 rings (SSSR count). The molecular weight excluding hydrogens is 217 g/mol. The fourth-order valence-corrected chi connectivity index (χ4v) is 2.81. The van der Waals surface area contributed by atoms with Crippen molar-refractivity contribution in [3.05, 3.63) is 0 Å².